The smallest absolute Gasteiger partial charge is 0.00276 e. The maximum absolute atomic E-state index is 3.68. The summed E-state index contributed by atoms with van der Waals surface area (Å²) in [6, 6.07) is 0. The minimum absolute atomic E-state index is 0.984. The Labute approximate surface area is 45.4 Å². The lowest BCUT2D eigenvalue weighted by atomic mass is 10.3. The van der Waals surface area contributed by atoms with Gasteiger partial charge >= 0.3 is 0 Å². The molecule has 0 aromatic rings. The lowest BCUT2D eigenvalue weighted by Crippen LogP contribution is -1.90. The Hall–Kier alpha value is -0.460. The van der Waals surface area contributed by atoms with Crippen molar-refractivity contribution >= 4 is 0 Å². The van der Waals surface area contributed by atoms with Gasteiger partial charge in [0.1, 0.15) is 0 Å². The van der Waals surface area contributed by atoms with Crippen molar-refractivity contribution in [3.63, 3.8) is 0 Å². The van der Waals surface area contributed by atoms with E-state index in [4.69, 9.17) is 0 Å². The van der Waals surface area contributed by atoms with E-state index in [9.17, 15) is 0 Å². The lowest BCUT2D eigenvalue weighted by molar-refractivity contribution is 1.01. The molecule has 0 saturated carbocycles. The second-order valence-corrected chi connectivity index (χ2v) is 1.33. The molecule has 0 spiro atoms. The molecule has 0 rings (SSSR count). The SMILES string of the molecule is [CH2]CCC=CNC. The molecule has 0 aliphatic carbocycles. The molecule has 0 heterocycles. The van der Waals surface area contributed by atoms with E-state index < -0.39 is 0 Å². The van der Waals surface area contributed by atoms with Crippen LogP contribution in [0.15, 0.2) is 12.3 Å². The van der Waals surface area contributed by atoms with Crippen LogP contribution in [0.2, 0.25) is 0 Å². The van der Waals surface area contributed by atoms with Crippen LogP contribution in [-0.4, -0.2) is 7.05 Å². The molecule has 0 fully saturated rings. The third-order valence-corrected chi connectivity index (χ3v) is 0.655. The van der Waals surface area contributed by atoms with Crippen molar-refractivity contribution in [2.45, 2.75) is 12.8 Å². The molecule has 41 valence electrons. The Morgan fingerprint density at radius 2 is 2.43 bits per heavy atom. The highest BCUT2D eigenvalue weighted by atomic mass is 14.8. The fraction of sp³-hybridized carbons (Fsp3) is 0.500. The number of rotatable bonds is 3. The van der Waals surface area contributed by atoms with Crippen LogP contribution in [-0.2, 0) is 0 Å². The number of hydrogen-bond donors (Lipinski definition) is 1. The Morgan fingerprint density at radius 1 is 1.71 bits per heavy atom. The second-order valence-electron chi connectivity index (χ2n) is 1.33. The normalized spacial score (nSPS) is 10.0. The van der Waals surface area contributed by atoms with Crippen LogP contribution < -0.4 is 5.32 Å². The van der Waals surface area contributed by atoms with Crippen molar-refractivity contribution in [3.8, 4) is 0 Å². The zero-order valence-electron chi connectivity index (χ0n) is 4.78. The number of nitrogens with one attached hydrogen (secondary N) is 1. The van der Waals surface area contributed by atoms with E-state index in [1.807, 2.05) is 13.2 Å². The average molecular weight is 98.2 g/mol. The van der Waals surface area contributed by atoms with Crippen LogP contribution in [0.1, 0.15) is 12.8 Å². The highest BCUT2D eigenvalue weighted by Gasteiger charge is 1.67. The van der Waals surface area contributed by atoms with Crippen molar-refractivity contribution in [3.05, 3.63) is 19.2 Å². The average Bonchev–Trinajstić information content (AvgIpc) is 1.69. The summed E-state index contributed by atoms with van der Waals surface area (Å²) >= 11 is 0. The molecule has 0 bridgehead atoms. The number of hydrogen-bond acceptors (Lipinski definition) is 1. The van der Waals surface area contributed by atoms with E-state index in [2.05, 4.69) is 18.3 Å². The van der Waals surface area contributed by atoms with Gasteiger partial charge in [-0.1, -0.05) is 13.0 Å². The van der Waals surface area contributed by atoms with E-state index in [0.29, 0.717) is 0 Å². The van der Waals surface area contributed by atoms with Crippen molar-refractivity contribution in [2.75, 3.05) is 7.05 Å². The van der Waals surface area contributed by atoms with Gasteiger partial charge in [-0.25, -0.2) is 0 Å². The van der Waals surface area contributed by atoms with E-state index >= 15 is 0 Å². The first kappa shape index (κ1) is 6.54. The summed E-state index contributed by atoms with van der Waals surface area (Å²) in [5.74, 6) is 0. The fourth-order valence-corrected chi connectivity index (χ4v) is 0.319. The highest BCUT2D eigenvalue weighted by molar-refractivity contribution is 4.77. The van der Waals surface area contributed by atoms with Gasteiger partial charge in [0.15, 0.2) is 0 Å². The Balaban J connectivity index is 2.78. The Bertz CT molecular complexity index is 48.1. The molecule has 0 unspecified atom stereocenters. The maximum atomic E-state index is 3.68. The predicted molar refractivity (Wildman–Crippen MR) is 32.8 cm³/mol. The Morgan fingerprint density at radius 3 is 2.86 bits per heavy atom. The molecule has 1 heteroatoms. The summed E-state index contributed by atoms with van der Waals surface area (Å²) in [5.41, 5.74) is 0. The van der Waals surface area contributed by atoms with Crippen molar-refractivity contribution < 1.29 is 0 Å². The number of allylic oxidation sites excluding steroid dienone is 1. The lowest BCUT2D eigenvalue weighted by Gasteiger charge is -1.83. The quantitative estimate of drug-likeness (QED) is 0.561. The topological polar surface area (TPSA) is 12.0 Å². The van der Waals surface area contributed by atoms with Gasteiger partial charge < -0.3 is 5.32 Å². The van der Waals surface area contributed by atoms with Gasteiger partial charge in [0, 0.05) is 7.05 Å². The molecule has 1 N–H and O–H groups in total. The maximum Gasteiger partial charge on any atom is 0.00276 e. The van der Waals surface area contributed by atoms with Crippen LogP contribution in [0.3, 0.4) is 0 Å². The third-order valence-electron chi connectivity index (χ3n) is 0.655. The molecule has 7 heavy (non-hydrogen) atoms. The molecule has 1 radical (unpaired) electrons. The van der Waals surface area contributed by atoms with Gasteiger partial charge in [-0.2, -0.15) is 0 Å². The van der Waals surface area contributed by atoms with Gasteiger partial charge in [0.2, 0.25) is 0 Å². The third kappa shape index (κ3) is 5.54. The van der Waals surface area contributed by atoms with Gasteiger partial charge in [-0.05, 0) is 19.0 Å². The molecule has 0 aromatic heterocycles. The summed E-state index contributed by atoms with van der Waals surface area (Å²) in [6.07, 6.45) is 6.04. The molecule has 1 nitrogen and oxygen atoms in total. The predicted octanol–water partition coefficient (Wildman–Crippen LogP) is 1.33. The van der Waals surface area contributed by atoms with E-state index in [-0.39, 0.29) is 0 Å². The molecule has 0 amide bonds. The van der Waals surface area contributed by atoms with Crippen LogP contribution >= 0.6 is 0 Å². The van der Waals surface area contributed by atoms with Crippen molar-refractivity contribution in [1.29, 1.82) is 0 Å². The molecule has 0 aromatic carbocycles. The highest BCUT2D eigenvalue weighted by Crippen LogP contribution is 1.84. The zero-order valence-corrected chi connectivity index (χ0v) is 4.78. The standard InChI is InChI=1S/C6H12N/c1-3-4-5-6-7-2/h5-7H,1,3-4H2,2H3. The van der Waals surface area contributed by atoms with Gasteiger partial charge in [-0.15, -0.1) is 0 Å². The molecule has 0 atom stereocenters. The van der Waals surface area contributed by atoms with Crippen LogP contribution in [0.5, 0.6) is 0 Å². The summed E-state index contributed by atoms with van der Waals surface area (Å²) in [7, 11) is 1.89. The molecule has 0 saturated heterocycles. The minimum atomic E-state index is 0.984. The monoisotopic (exact) mass is 98.1 g/mol. The largest absolute Gasteiger partial charge is 0.394 e. The zero-order chi connectivity index (χ0) is 5.54. The first-order chi connectivity index (χ1) is 3.41. The molecular formula is C6H12N. The van der Waals surface area contributed by atoms with E-state index in [1.165, 1.54) is 0 Å². The summed E-state index contributed by atoms with van der Waals surface area (Å²) in [5, 5.41) is 2.89. The van der Waals surface area contributed by atoms with Gasteiger partial charge in [-0.3, -0.25) is 0 Å². The molecule has 0 aliphatic heterocycles. The van der Waals surface area contributed by atoms with Crippen molar-refractivity contribution in [2.24, 2.45) is 0 Å². The van der Waals surface area contributed by atoms with Crippen LogP contribution in [0.25, 0.3) is 0 Å². The van der Waals surface area contributed by atoms with Crippen molar-refractivity contribution in [1.82, 2.24) is 5.32 Å². The van der Waals surface area contributed by atoms with Crippen LogP contribution in [0.4, 0.5) is 0 Å². The van der Waals surface area contributed by atoms with Gasteiger partial charge in [0.05, 0.1) is 0 Å². The van der Waals surface area contributed by atoms with Gasteiger partial charge in [0.25, 0.3) is 0 Å². The van der Waals surface area contributed by atoms with E-state index in [1.54, 1.807) is 0 Å². The van der Waals surface area contributed by atoms with Crippen LogP contribution in [0, 0.1) is 6.92 Å². The molecular weight excluding hydrogens is 86.1 g/mol. The minimum Gasteiger partial charge on any atom is -0.394 e. The first-order valence-corrected chi connectivity index (χ1v) is 2.53. The summed E-state index contributed by atoms with van der Waals surface area (Å²) in [4.78, 5) is 0. The summed E-state index contributed by atoms with van der Waals surface area (Å²) in [6.45, 7) is 3.68. The fourth-order valence-electron chi connectivity index (χ4n) is 0.319. The Kier molecular flexibility index (Phi) is 5.18. The second kappa shape index (κ2) is 5.54. The van der Waals surface area contributed by atoms with E-state index in [0.717, 1.165) is 12.8 Å². The first-order valence-electron chi connectivity index (χ1n) is 2.53. The number of unbranched alkanes of at least 4 members (excludes halogenated alkanes) is 1. The summed E-state index contributed by atoms with van der Waals surface area (Å²) < 4.78 is 0. The molecule has 0 aliphatic rings.